The smallest absolute Gasteiger partial charge is 0.213 e. The summed E-state index contributed by atoms with van der Waals surface area (Å²) in [6.07, 6.45) is 8.89. The molecule has 2 aliphatic rings. The van der Waals surface area contributed by atoms with Crippen LogP contribution in [0, 0.1) is 17.8 Å². The zero-order chi connectivity index (χ0) is 23.4. The summed E-state index contributed by atoms with van der Waals surface area (Å²) in [5, 5.41) is 3.45. The van der Waals surface area contributed by atoms with E-state index in [4.69, 9.17) is 14.5 Å². The molecule has 2 aromatic heterocycles. The van der Waals surface area contributed by atoms with Gasteiger partial charge in [0.1, 0.15) is 17.0 Å². The number of aromatic nitrogens is 3. The molecule has 0 spiro atoms. The van der Waals surface area contributed by atoms with Crippen LogP contribution >= 0.6 is 0 Å². The molecule has 1 fully saturated rings. The SMILES string of the molecule is CC.CC#Cc1ccccc1Nc1nc(C2=CC3CC3(OCC)C(OC)=C2)cc2nccn12. The van der Waals surface area contributed by atoms with Gasteiger partial charge in [-0.25, -0.2) is 9.97 Å². The van der Waals surface area contributed by atoms with Crippen LogP contribution in [0.3, 0.4) is 0 Å². The average molecular weight is 443 g/mol. The first kappa shape index (κ1) is 22.6. The first-order chi connectivity index (χ1) is 16.2. The summed E-state index contributed by atoms with van der Waals surface area (Å²) in [5.74, 6) is 7.95. The van der Waals surface area contributed by atoms with E-state index >= 15 is 0 Å². The number of rotatable bonds is 6. The summed E-state index contributed by atoms with van der Waals surface area (Å²) in [6.45, 7) is 8.51. The number of nitrogens with zero attached hydrogens (tertiary/aromatic N) is 3. The van der Waals surface area contributed by atoms with Crippen molar-refractivity contribution in [2.75, 3.05) is 19.0 Å². The van der Waals surface area contributed by atoms with Crippen LogP contribution in [-0.4, -0.2) is 33.7 Å². The highest BCUT2D eigenvalue weighted by Crippen LogP contribution is 2.57. The average Bonchev–Trinajstić information content (AvgIpc) is 3.35. The molecule has 0 bridgehead atoms. The van der Waals surface area contributed by atoms with E-state index in [2.05, 4.69) is 28.2 Å². The van der Waals surface area contributed by atoms with Gasteiger partial charge in [-0.2, -0.15) is 0 Å². The number of methoxy groups -OCH3 is 1. The third-order valence-electron chi connectivity index (χ3n) is 5.79. The van der Waals surface area contributed by atoms with Crippen LogP contribution in [0.5, 0.6) is 0 Å². The molecule has 2 atom stereocenters. The molecule has 0 amide bonds. The fourth-order valence-electron chi connectivity index (χ4n) is 4.27. The summed E-state index contributed by atoms with van der Waals surface area (Å²) in [6, 6.07) is 9.95. The Balaban J connectivity index is 0.00000126. The Hall–Kier alpha value is -3.56. The van der Waals surface area contributed by atoms with Crippen LogP contribution in [0.4, 0.5) is 11.6 Å². The van der Waals surface area contributed by atoms with Crippen LogP contribution in [0.2, 0.25) is 0 Å². The highest BCUT2D eigenvalue weighted by atomic mass is 16.5. The van der Waals surface area contributed by atoms with Gasteiger partial charge in [0.15, 0.2) is 0 Å². The van der Waals surface area contributed by atoms with Gasteiger partial charge >= 0.3 is 0 Å². The van der Waals surface area contributed by atoms with E-state index < -0.39 is 0 Å². The summed E-state index contributed by atoms with van der Waals surface area (Å²) in [7, 11) is 1.70. The van der Waals surface area contributed by atoms with E-state index in [0.29, 0.717) is 18.5 Å². The van der Waals surface area contributed by atoms with Crippen molar-refractivity contribution < 1.29 is 9.47 Å². The lowest BCUT2D eigenvalue weighted by atomic mass is 10.0. The van der Waals surface area contributed by atoms with E-state index in [1.165, 1.54) is 0 Å². The van der Waals surface area contributed by atoms with E-state index in [1.807, 2.05) is 74.7 Å². The molecule has 0 radical (unpaired) electrons. The molecule has 33 heavy (non-hydrogen) atoms. The highest BCUT2D eigenvalue weighted by molar-refractivity contribution is 5.78. The molecule has 1 saturated carbocycles. The molecule has 5 rings (SSSR count). The maximum absolute atomic E-state index is 6.03. The number of benzene rings is 1. The summed E-state index contributed by atoms with van der Waals surface area (Å²) >= 11 is 0. The zero-order valence-electron chi connectivity index (χ0n) is 19.8. The van der Waals surface area contributed by atoms with Crippen LogP contribution < -0.4 is 5.32 Å². The standard InChI is InChI=1S/C25H24N4O2.C2H6/c1-4-8-17-9-6-7-10-20(17)27-24-28-21(15-23-26-11-12-29(23)24)18-13-19-16-25(19,31-5-2)22(14-18)30-3;1-2/h6-7,9-15,19H,5,16H2,1-3H3,(H,27,28);1-2H3. The fraction of sp³-hybridized carbons (Fsp3) is 0.333. The van der Waals surface area contributed by atoms with Gasteiger partial charge in [0.2, 0.25) is 5.95 Å². The van der Waals surface area contributed by atoms with Crippen molar-refractivity contribution in [3.8, 4) is 11.8 Å². The molecule has 6 nitrogen and oxygen atoms in total. The molecule has 2 aliphatic carbocycles. The summed E-state index contributed by atoms with van der Waals surface area (Å²) < 4.78 is 13.7. The van der Waals surface area contributed by atoms with Gasteiger partial charge in [-0.1, -0.05) is 38.0 Å². The van der Waals surface area contributed by atoms with Crippen molar-refractivity contribution >= 4 is 22.9 Å². The predicted octanol–water partition coefficient (Wildman–Crippen LogP) is 5.59. The largest absolute Gasteiger partial charge is 0.498 e. The molecular formula is C27H30N4O2. The van der Waals surface area contributed by atoms with E-state index in [9.17, 15) is 0 Å². The molecule has 6 heteroatoms. The summed E-state index contributed by atoms with van der Waals surface area (Å²) in [5.41, 5.74) is 4.20. The molecule has 2 heterocycles. The predicted molar refractivity (Wildman–Crippen MR) is 132 cm³/mol. The number of allylic oxidation sites excluding steroid dienone is 2. The van der Waals surface area contributed by atoms with Crippen molar-refractivity contribution in [1.29, 1.82) is 0 Å². The van der Waals surface area contributed by atoms with Crippen molar-refractivity contribution in [2.24, 2.45) is 5.92 Å². The molecule has 1 aromatic carbocycles. The lowest BCUT2D eigenvalue weighted by Crippen LogP contribution is -2.23. The summed E-state index contributed by atoms with van der Waals surface area (Å²) in [4.78, 5) is 9.44. The monoisotopic (exact) mass is 442 g/mol. The molecular weight excluding hydrogens is 412 g/mol. The van der Waals surface area contributed by atoms with Crippen LogP contribution in [-0.2, 0) is 9.47 Å². The Morgan fingerprint density at radius 1 is 1.27 bits per heavy atom. The number of nitrogens with one attached hydrogen (secondary N) is 1. The van der Waals surface area contributed by atoms with E-state index in [1.54, 1.807) is 13.3 Å². The number of fused-ring (bicyclic) bond motifs is 2. The van der Waals surface area contributed by atoms with Crippen LogP contribution in [0.25, 0.3) is 11.2 Å². The Kier molecular flexibility index (Phi) is 6.52. The first-order valence-electron chi connectivity index (χ1n) is 11.4. The van der Waals surface area contributed by atoms with Gasteiger partial charge in [0.05, 0.1) is 18.5 Å². The van der Waals surface area contributed by atoms with Crippen molar-refractivity contribution in [2.45, 2.75) is 39.7 Å². The topological polar surface area (TPSA) is 60.7 Å². The van der Waals surface area contributed by atoms with E-state index in [-0.39, 0.29) is 5.60 Å². The number of anilines is 2. The Morgan fingerprint density at radius 3 is 2.85 bits per heavy atom. The van der Waals surface area contributed by atoms with Gasteiger partial charge in [0, 0.05) is 42.1 Å². The zero-order valence-corrected chi connectivity index (χ0v) is 19.8. The van der Waals surface area contributed by atoms with Gasteiger partial charge in [-0.05, 0) is 38.5 Å². The van der Waals surface area contributed by atoms with Crippen LogP contribution in [0.1, 0.15) is 45.4 Å². The maximum atomic E-state index is 6.03. The molecule has 3 aromatic rings. The Labute approximate surface area is 195 Å². The van der Waals surface area contributed by atoms with Crippen LogP contribution in [0.15, 0.2) is 60.6 Å². The minimum absolute atomic E-state index is 0.302. The number of hydrogen-bond donors (Lipinski definition) is 1. The quantitative estimate of drug-likeness (QED) is 0.504. The second-order valence-electron chi connectivity index (χ2n) is 7.63. The lowest BCUT2D eigenvalue weighted by molar-refractivity contribution is 0.0206. The number of hydrogen-bond acceptors (Lipinski definition) is 5. The van der Waals surface area contributed by atoms with Crippen molar-refractivity contribution in [1.82, 2.24) is 14.4 Å². The molecule has 0 aliphatic heterocycles. The lowest BCUT2D eigenvalue weighted by Gasteiger charge is -2.23. The third-order valence-corrected chi connectivity index (χ3v) is 5.79. The van der Waals surface area contributed by atoms with E-state index in [0.717, 1.165) is 40.3 Å². The second kappa shape index (κ2) is 9.51. The number of ether oxygens (including phenoxy) is 2. The molecule has 0 saturated heterocycles. The minimum Gasteiger partial charge on any atom is -0.498 e. The van der Waals surface area contributed by atoms with Crippen molar-refractivity contribution in [3.05, 3.63) is 71.9 Å². The van der Waals surface area contributed by atoms with Gasteiger partial charge < -0.3 is 14.8 Å². The fourth-order valence-corrected chi connectivity index (χ4v) is 4.27. The van der Waals surface area contributed by atoms with Gasteiger partial charge in [-0.15, -0.1) is 5.92 Å². The second-order valence-corrected chi connectivity index (χ2v) is 7.63. The van der Waals surface area contributed by atoms with Gasteiger partial charge in [0.25, 0.3) is 0 Å². The Bertz CT molecular complexity index is 1280. The van der Waals surface area contributed by atoms with Gasteiger partial charge in [-0.3, -0.25) is 4.40 Å². The normalized spacial score (nSPS) is 20.3. The first-order valence-corrected chi connectivity index (χ1v) is 11.4. The minimum atomic E-state index is -0.302. The molecule has 1 N–H and O–H groups in total. The molecule has 170 valence electrons. The Morgan fingerprint density at radius 2 is 2.09 bits per heavy atom. The number of para-hydroxylation sites is 1. The highest BCUT2D eigenvalue weighted by Gasteiger charge is 2.60. The van der Waals surface area contributed by atoms with Crippen molar-refractivity contribution in [3.63, 3.8) is 0 Å². The molecule has 2 unspecified atom stereocenters. The number of imidazole rings is 1. The maximum Gasteiger partial charge on any atom is 0.213 e. The third kappa shape index (κ3) is 4.12.